The third kappa shape index (κ3) is 4.12. The lowest BCUT2D eigenvalue weighted by Crippen LogP contribution is -2.23. The number of nitrogens with one attached hydrogen (secondary N) is 1. The number of aromatic nitrogens is 1. The van der Waals surface area contributed by atoms with Gasteiger partial charge in [-0.05, 0) is 43.2 Å². The van der Waals surface area contributed by atoms with E-state index >= 15 is 0 Å². The van der Waals surface area contributed by atoms with E-state index in [0.29, 0.717) is 18.5 Å². The first-order chi connectivity index (χ1) is 13.6. The summed E-state index contributed by atoms with van der Waals surface area (Å²) >= 11 is 1.62. The van der Waals surface area contributed by atoms with Crippen LogP contribution in [0.3, 0.4) is 0 Å². The van der Waals surface area contributed by atoms with Crippen molar-refractivity contribution in [2.45, 2.75) is 26.3 Å². The molecule has 1 fully saturated rings. The van der Waals surface area contributed by atoms with Crippen LogP contribution in [0.5, 0.6) is 0 Å². The molecule has 0 saturated carbocycles. The van der Waals surface area contributed by atoms with E-state index in [1.54, 1.807) is 23.5 Å². The summed E-state index contributed by atoms with van der Waals surface area (Å²) in [7, 11) is 0. The van der Waals surface area contributed by atoms with Gasteiger partial charge >= 0.3 is 0 Å². The summed E-state index contributed by atoms with van der Waals surface area (Å²) in [6, 6.07) is 15.1. The topological polar surface area (TPSA) is 62.3 Å². The highest BCUT2D eigenvalue weighted by Crippen LogP contribution is 2.23. The molecule has 6 heteroatoms. The zero-order chi connectivity index (χ0) is 19.5. The number of anilines is 1. The summed E-state index contributed by atoms with van der Waals surface area (Å²) in [5.41, 5.74) is 4.36. The van der Waals surface area contributed by atoms with Crippen molar-refractivity contribution in [3.8, 4) is 11.3 Å². The van der Waals surface area contributed by atoms with Crippen LogP contribution in [0.15, 0.2) is 53.9 Å². The smallest absolute Gasteiger partial charge is 0.255 e. The van der Waals surface area contributed by atoms with Crippen molar-refractivity contribution in [1.82, 2.24) is 9.88 Å². The van der Waals surface area contributed by atoms with Crippen LogP contribution < -0.4 is 5.32 Å². The lowest BCUT2D eigenvalue weighted by Gasteiger charge is -2.15. The number of hydrogen-bond acceptors (Lipinski definition) is 4. The second-order valence-electron chi connectivity index (χ2n) is 6.90. The lowest BCUT2D eigenvalue weighted by molar-refractivity contribution is -0.128. The number of carbonyl (C=O) groups is 2. The van der Waals surface area contributed by atoms with Crippen molar-refractivity contribution >= 4 is 28.8 Å². The molecule has 28 heavy (non-hydrogen) atoms. The molecule has 1 aliphatic heterocycles. The molecule has 142 valence electrons. The Kier molecular flexibility index (Phi) is 5.21. The van der Waals surface area contributed by atoms with Crippen LogP contribution in [0.25, 0.3) is 11.3 Å². The monoisotopic (exact) mass is 391 g/mol. The summed E-state index contributed by atoms with van der Waals surface area (Å²) in [4.78, 5) is 30.6. The quantitative estimate of drug-likeness (QED) is 0.697. The zero-order valence-electron chi connectivity index (χ0n) is 15.6. The number of benzene rings is 2. The van der Waals surface area contributed by atoms with Gasteiger partial charge in [-0.3, -0.25) is 9.59 Å². The van der Waals surface area contributed by atoms with E-state index in [1.165, 1.54) is 0 Å². The Labute approximate surface area is 168 Å². The number of amides is 2. The van der Waals surface area contributed by atoms with E-state index in [1.807, 2.05) is 53.6 Å². The molecule has 2 aromatic carbocycles. The van der Waals surface area contributed by atoms with E-state index in [0.717, 1.165) is 40.5 Å². The molecule has 1 N–H and O–H groups in total. The first-order valence-electron chi connectivity index (χ1n) is 9.29. The maximum absolute atomic E-state index is 12.5. The molecule has 0 bridgehead atoms. The van der Waals surface area contributed by atoms with Crippen LogP contribution in [-0.2, 0) is 11.3 Å². The molecule has 0 aliphatic carbocycles. The van der Waals surface area contributed by atoms with E-state index < -0.39 is 0 Å². The number of aryl methyl sites for hydroxylation is 1. The summed E-state index contributed by atoms with van der Waals surface area (Å²) in [6.07, 6.45) is 1.57. The minimum Gasteiger partial charge on any atom is -0.338 e. The molecule has 5 nitrogen and oxygen atoms in total. The molecule has 0 atom stereocenters. The minimum atomic E-state index is -0.152. The van der Waals surface area contributed by atoms with E-state index in [9.17, 15) is 9.59 Å². The lowest BCUT2D eigenvalue weighted by atomic mass is 10.1. The summed E-state index contributed by atoms with van der Waals surface area (Å²) in [6.45, 7) is 3.41. The number of thiazole rings is 1. The summed E-state index contributed by atoms with van der Waals surface area (Å²) in [5.74, 6) is 0.0548. The maximum Gasteiger partial charge on any atom is 0.255 e. The molecule has 1 aliphatic rings. The van der Waals surface area contributed by atoms with Gasteiger partial charge in [-0.15, -0.1) is 11.3 Å². The third-order valence-electron chi connectivity index (χ3n) is 4.82. The van der Waals surface area contributed by atoms with E-state index in [2.05, 4.69) is 10.3 Å². The van der Waals surface area contributed by atoms with Gasteiger partial charge in [-0.2, -0.15) is 0 Å². The number of nitrogens with zero attached hydrogens (tertiary/aromatic N) is 2. The van der Waals surface area contributed by atoms with E-state index in [-0.39, 0.29) is 11.8 Å². The molecule has 0 unspecified atom stereocenters. The highest BCUT2D eigenvalue weighted by Gasteiger charge is 2.20. The molecular formula is C22H21N3O2S. The zero-order valence-corrected chi connectivity index (χ0v) is 16.5. The van der Waals surface area contributed by atoms with Crippen LogP contribution in [0.1, 0.15) is 33.8 Å². The van der Waals surface area contributed by atoms with Crippen LogP contribution in [0, 0.1) is 6.92 Å². The van der Waals surface area contributed by atoms with Gasteiger partial charge in [0.25, 0.3) is 5.91 Å². The van der Waals surface area contributed by atoms with Crippen LogP contribution in [-0.4, -0.2) is 28.2 Å². The first kappa shape index (κ1) is 18.4. The average Bonchev–Trinajstić information content (AvgIpc) is 3.31. The van der Waals surface area contributed by atoms with Crippen molar-refractivity contribution in [3.63, 3.8) is 0 Å². The van der Waals surface area contributed by atoms with Gasteiger partial charge in [0, 0.05) is 41.7 Å². The van der Waals surface area contributed by atoms with Crippen LogP contribution in [0.2, 0.25) is 0 Å². The Balaban J connectivity index is 1.38. The fourth-order valence-electron chi connectivity index (χ4n) is 3.28. The second kappa shape index (κ2) is 7.94. The maximum atomic E-state index is 12.5. The first-order valence-corrected chi connectivity index (χ1v) is 10.2. The minimum absolute atomic E-state index is 0.152. The molecule has 2 amide bonds. The number of carbonyl (C=O) groups excluding carboxylic acids is 2. The highest BCUT2D eigenvalue weighted by molar-refractivity contribution is 7.09. The third-order valence-corrected chi connectivity index (χ3v) is 5.59. The molecule has 1 aromatic heterocycles. The number of likely N-dealkylation sites (tertiary alicyclic amines) is 1. The molecule has 0 spiro atoms. The van der Waals surface area contributed by atoms with Crippen molar-refractivity contribution in [2.24, 2.45) is 0 Å². The van der Waals surface area contributed by atoms with Crippen LogP contribution in [0.4, 0.5) is 5.69 Å². The highest BCUT2D eigenvalue weighted by atomic mass is 32.1. The Hall–Kier alpha value is -2.99. The molecular weight excluding hydrogens is 370 g/mol. The van der Waals surface area contributed by atoms with Gasteiger partial charge in [-0.1, -0.05) is 24.3 Å². The van der Waals surface area contributed by atoms with Crippen molar-refractivity contribution in [1.29, 1.82) is 0 Å². The molecule has 3 aromatic rings. The summed E-state index contributed by atoms with van der Waals surface area (Å²) < 4.78 is 0. The number of hydrogen-bond donors (Lipinski definition) is 1. The largest absolute Gasteiger partial charge is 0.338 e. The van der Waals surface area contributed by atoms with Gasteiger partial charge in [0.2, 0.25) is 5.91 Å². The van der Waals surface area contributed by atoms with Gasteiger partial charge < -0.3 is 10.2 Å². The second-order valence-corrected chi connectivity index (χ2v) is 7.96. The Morgan fingerprint density at radius 3 is 2.50 bits per heavy atom. The molecule has 1 saturated heterocycles. The fraction of sp³-hybridized carbons (Fsp3) is 0.227. The average molecular weight is 391 g/mol. The molecule has 4 rings (SSSR count). The predicted molar refractivity (Wildman–Crippen MR) is 111 cm³/mol. The Bertz CT molecular complexity index is 993. The normalized spacial score (nSPS) is 13.8. The predicted octanol–water partition coefficient (Wildman–Crippen LogP) is 4.49. The van der Waals surface area contributed by atoms with Gasteiger partial charge in [-0.25, -0.2) is 4.98 Å². The molecule has 2 heterocycles. The fourth-order valence-corrected chi connectivity index (χ4v) is 3.90. The van der Waals surface area contributed by atoms with Crippen molar-refractivity contribution in [3.05, 3.63) is 70.0 Å². The van der Waals surface area contributed by atoms with Crippen LogP contribution >= 0.6 is 11.3 Å². The van der Waals surface area contributed by atoms with Gasteiger partial charge in [0.15, 0.2) is 0 Å². The van der Waals surface area contributed by atoms with Crippen molar-refractivity contribution < 1.29 is 9.59 Å². The van der Waals surface area contributed by atoms with Gasteiger partial charge in [0.05, 0.1) is 10.7 Å². The van der Waals surface area contributed by atoms with Gasteiger partial charge in [0.1, 0.15) is 0 Å². The van der Waals surface area contributed by atoms with E-state index in [4.69, 9.17) is 0 Å². The SMILES string of the molecule is Cc1nc(-c2ccc(NC(=O)c3ccc(CN4CCCC4=O)cc3)cc2)cs1. The Morgan fingerprint density at radius 1 is 1.14 bits per heavy atom. The Morgan fingerprint density at radius 2 is 1.89 bits per heavy atom. The summed E-state index contributed by atoms with van der Waals surface area (Å²) in [5, 5.41) is 5.98. The number of rotatable bonds is 5. The van der Waals surface area contributed by atoms with Crippen molar-refractivity contribution in [2.75, 3.05) is 11.9 Å². The standard InChI is InChI=1S/C22H21N3O2S/c1-15-23-20(14-28-15)17-8-10-19(11-9-17)24-22(27)18-6-4-16(5-7-18)13-25-12-2-3-21(25)26/h4-11,14H,2-3,12-13H2,1H3,(H,24,27). The molecule has 0 radical (unpaired) electrons.